The van der Waals surface area contributed by atoms with E-state index in [4.69, 9.17) is 26.8 Å². The van der Waals surface area contributed by atoms with Gasteiger partial charge in [-0.25, -0.2) is 9.59 Å². The SMILES string of the molecule is COC(=O)[C@@H](Cc1ccc(Cl)cc1N)NC(=O)OC(C)(C)C. The van der Waals surface area contributed by atoms with E-state index < -0.39 is 23.7 Å². The van der Waals surface area contributed by atoms with Crippen LogP contribution in [0.4, 0.5) is 10.5 Å². The summed E-state index contributed by atoms with van der Waals surface area (Å²) in [4.78, 5) is 23.7. The fourth-order valence-electron chi connectivity index (χ4n) is 1.76. The molecule has 6 nitrogen and oxygen atoms in total. The third kappa shape index (κ3) is 5.81. The van der Waals surface area contributed by atoms with Crippen LogP contribution in [0.3, 0.4) is 0 Å². The summed E-state index contributed by atoms with van der Waals surface area (Å²) < 4.78 is 9.84. The zero-order valence-electron chi connectivity index (χ0n) is 13.1. The number of nitrogens with one attached hydrogen (secondary N) is 1. The van der Waals surface area contributed by atoms with Crippen molar-refractivity contribution in [3.63, 3.8) is 0 Å². The van der Waals surface area contributed by atoms with Gasteiger partial charge < -0.3 is 20.5 Å². The van der Waals surface area contributed by atoms with Crippen molar-refractivity contribution in [2.24, 2.45) is 0 Å². The number of carbonyl (C=O) groups excluding carboxylic acids is 2. The molecule has 0 spiro atoms. The van der Waals surface area contributed by atoms with Crippen LogP contribution in [0.25, 0.3) is 0 Å². The van der Waals surface area contributed by atoms with Crippen LogP contribution >= 0.6 is 11.6 Å². The summed E-state index contributed by atoms with van der Waals surface area (Å²) >= 11 is 5.84. The zero-order valence-corrected chi connectivity index (χ0v) is 13.9. The monoisotopic (exact) mass is 328 g/mol. The number of amides is 1. The van der Waals surface area contributed by atoms with Crippen LogP contribution in [0.5, 0.6) is 0 Å². The largest absolute Gasteiger partial charge is 0.467 e. The predicted octanol–water partition coefficient (Wildman–Crippen LogP) is 2.53. The first-order chi connectivity index (χ1) is 10.1. The minimum atomic E-state index is -0.900. The van der Waals surface area contributed by atoms with Crippen LogP contribution < -0.4 is 11.1 Å². The van der Waals surface area contributed by atoms with Gasteiger partial charge in [0.05, 0.1) is 7.11 Å². The van der Waals surface area contributed by atoms with Gasteiger partial charge in [-0.05, 0) is 38.5 Å². The number of hydrogen-bond acceptors (Lipinski definition) is 5. The Hall–Kier alpha value is -1.95. The van der Waals surface area contributed by atoms with Crippen LogP contribution in [0.1, 0.15) is 26.3 Å². The highest BCUT2D eigenvalue weighted by atomic mass is 35.5. The highest BCUT2D eigenvalue weighted by Crippen LogP contribution is 2.20. The summed E-state index contributed by atoms with van der Waals surface area (Å²) in [5.41, 5.74) is 6.31. The molecule has 0 aliphatic carbocycles. The predicted molar refractivity (Wildman–Crippen MR) is 84.7 cm³/mol. The minimum absolute atomic E-state index is 0.176. The number of nitrogens with two attached hydrogens (primary N) is 1. The molecule has 122 valence electrons. The highest BCUT2D eigenvalue weighted by Gasteiger charge is 2.25. The van der Waals surface area contributed by atoms with Crippen LogP contribution in [0.2, 0.25) is 5.02 Å². The van der Waals surface area contributed by atoms with E-state index in [0.717, 1.165) is 0 Å². The van der Waals surface area contributed by atoms with Crippen LogP contribution in [0.15, 0.2) is 18.2 Å². The first kappa shape index (κ1) is 18.1. The number of hydrogen-bond donors (Lipinski definition) is 2. The molecule has 0 radical (unpaired) electrons. The van der Waals surface area contributed by atoms with Gasteiger partial charge in [0, 0.05) is 17.1 Å². The lowest BCUT2D eigenvalue weighted by molar-refractivity contribution is -0.143. The van der Waals surface area contributed by atoms with Crippen molar-refractivity contribution in [3.05, 3.63) is 28.8 Å². The van der Waals surface area contributed by atoms with Crippen molar-refractivity contribution in [2.45, 2.75) is 38.8 Å². The molecular weight excluding hydrogens is 308 g/mol. The fraction of sp³-hybridized carbons (Fsp3) is 0.467. The molecule has 0 saturated heterocycles. The van der Waals surface area contributed by atoms with Crippen molar-refractivity contribution >= 4 is 29.4 Å². The average molecular weight is 329 g/mol. The molecule has 3 N–H and O–H groups in total. The molecule has 0 aliphatic heterocycles. The van der Waals surface area contributed by atoms with Crippen molar-refractivity contribution in [2.75, 3.05) is 12.8 Å². The summed E-state index contributed by atoms with van der Waals surface area (Å²) in [7, 11) is 1.25. The quantitative estimate of drug-likeness (QED) is 0.654. The second-order valence-electron chi connectivity index (χ2n) is 5.77. The smallest absolute Gasteiger partial charge is 0.408 e. The van der Waals surface area contributed by atoms with E-state index in [1.165, 1.54) is 7.11 Å². The van der Waals surface area contributed by atoms with Gasteiger partial charge in [0.2, 0.25) is 0 Å². The Bertz CT molecular complexity index is 555. The first-order valence-corrected chi connectivity index (χ1v) is 7.11. The van der Waals surface area contributed by atoms with Crippen molar-refractivity contribution in [1.29, 1.82) is 0 Å². The Morgan fingerprint density at radius 2 is 2.00 bits per heavy atom. The topological polar surface area (TPSA) is 90.6 Å². The normalized spacial score (nSPS) is 12.4. The lowest BCUT2D eigenvalue weighted by Crippen LogP contribution is -2.45. The molecule has 22 heavy (non-hydrogen) atoms. The Morgan fingerprint density at radius 3 is 2.50 bits per heavy atom. The van der Waals surface area contributed by atoms with E-state index in [1.54, 1.807) is 39.0 Å². The molecule has 0 unspecified atom stereocenters. The van der Waals surface area contributed by atoms with Gasteiger partial charge >= 0.3 is 12.1 Å². The number of ether oxygens (including phenoxy) is 2. The van der Waals surface area contributed by atoms with Crippen LogP contribution in [-0.4, -0.2) is 30.8 Å². The Labute approximate surface area is 134 Å². The van der Waals surface area contributed by atoms with Crippen LogP contribution in [-0.2, 0) is 20.7 Å². The number of methoxy groups -OCH3 is 1. The number of benzene rings is 1. The van der Waals surface area contributed by atoms with E-state index in [-0.39, 0.29) is 6.42 Å². The molecule has 0 aromatic heterocycles. The molecule has 7 heteroatoms. The molecular formula is C15H21ClN2O4. The molecule has 0 heterocycles. The Morgan fingerprint density at radius 1 is 1.36 bits per heavy atom. The third-order valence-corrected chi connectivity index (χ3v) is 2.94. The fourth-order valence-corrected chi connectivity index (χ4v) is 1.94. The van der Waals surface area contributed by atoms with E-state index in [0.29, 0.717) is 16.3 Å². The second kappa shape index (κ2) is 7.35. The van der Waals surface area contributed by atoms with Crippen molar-refractivity contribution < 1.29 is 19.1 Å². The standard InChI is InChI=1S/C15H21ClN2O4/c1-15(2,3)22-14(20)18-12(13(19)21-4)7-9-5-6-10(16)8-11(9)17/h5-6,8,12H,7,17H2,1-4H3,(H,18,20)/t12-/m1/s1. The maximum Gasteiger partial charge on any atom is 0.408 e. The molecule has 1 aromatic rings. The summed E-state index contributed by atoms with van der Waals surface area (Å²) in [6, 6.07) is 4.04. The third-order valence-electron chi connectivity index (χ3n) is 2.71. The molecule has 1 rings (SSSR count). The van der Waals surface area contributed by atoms with E-state index in [1.807, 2.05) is 0 Å². The summed E-state index contributed by atoms with van der Waals surface area (Å²) in [6.45, 7) is 5.20. The molecule has 0 fully saturated rings. The number of anilines is 1. The van der Waals surface area contributed by atoms with Gasteiger partial charge in [-0.1, -0.05) is 17.7 Å². The maximum absolute atomic E-state index is 11.8. The van der Waals surface area contributed by atoms with Crippen molar-refractivity contribution in [1.82, 2.24) is 5.32 Å². The van der Waals surface area contributed by atoms with Gasteiger partial charge in [0.25, 0.3) is 0 Å². The van der Waals surface area contributed by atoms with Gasteiger partial charge in [-0.2, -0.15) is 0 Å². The van der Waals surface area contributed by atoms with Crippen molar-refractivity contribution in [3.8, 4) is 0 Å². The Balaban J connectivity index is 2.85. The molecule has 1 atom stereocenters. The molecule has 1 aromatic carbocycles. The first-order valence-electron chi connectivity index (χ1n) is 6.73. The average Bonchev–Trinajstić information content (AvgIpc) is 2.37. The highest BCUT2D eigenvalue weighted by molar-refractivity contribution is 6.30. The number of carbonyl (C=O) groups is 2. The van der Waals surface area contributed by atoms with Gasteiger partial charge in [0.1, 0.15) is 11.6 Å². The zero-order chi connectivity index (χ0) is 16.9. The molecule has 0 saturated carbocycles. The molecule has 0 bridgehead atoms. The molecule has 1 amide bonds. The van der Waals surface area contributed by atoms with Crippen LogP contribution in [0, 0.1) is 0 Å². The molecule has 0 aliphatic rings. The summed E-state index contributed by atoms with van der Waals surface area (Å²) in [5, 5.41) is 2.99. The van der Waals surface area contributed by atoms with E-state index >= 15 is 0 Å². The van der Waals surface area contributed by atoms with Gasteiger partial charge in [0.15, 0.2) is 0 Å². The lowest BCUT2D eigenvalue weighted by atomic mass is 10.0. The van der Waals surface area contributed by atoms with E-state index in [9.17, 15) is 9.59 Å². The van der Waals surface area contributed by atoms with Gasteiger partial charge in [-0.3, -0.25) is 0 Å². The van der Waals surface area contributed by atoms with Gasteiger partial charge in [-0.15, -0.1) is 0 Å². The second-order valence-corrected chi connectivity index (χ2v) is 6.21. The number of halogens is 1. The lowest BCUT2D eigenvalue weighted by Gasteiger charge is -2.23. The number of alkyl carbamates (subject to hydrolysis) is 1. The minimum Gasteiger partial charge on any atom is -0.467 e. The number of nitrogen functional groups attached to an aromatic ring is 1. The Kier molecular flexibility index (Phi) is 6.05. The summed E-state index contributed by atoms with van der Waals surface area (Å²) in [6.07, 6.45) is -0.523. The summed E-state index contributed by atoms with van der Waals surface area (Å²) in [5.74, 6) is -0.583. The van der Waals surface area contributed by atoms with E-state index in [2.05, 4.69) is 5.32 Å². The maximum atomic E-state index is 11.8. The number of rotatable bonds is 4. The number of esters is 1.